The van der Waals surface area contributed by atoms with Gasteiger partial charge in [-0.2, -0.15) is 52.3 Å². The Hall–Kier alpha value is -2.41. The Balaban J connectivity index is 6.21. The van der Waals surface area contributed by atoms with E-state index in [1.165, 1.54) is 0 Å². The SMILES string of the molecule is C=CCOC(=O)C(OCCC(F)(F)C(F)(F)S(=O)(=O)O)(OC(=O)C(=C)C(F)(F)F)C(F)(F)F. The summed E-state index contributed by atoms with van der Waals surface area (Å²) in [5.41, 5.74) is -2.63. The van der Waals surface area contributed by atoms with Crippen molar-refractivity contribution in [1.29, 1.82) is 0 Å². The molecule has 1 atom stereocenters. The van der Waals surface area contributed by atoms with Gasteiger partial charge in [-0.25, -0.2) is 9.59 Å². The largest absolute Gasteiger partial charge is 0.468 e. The van der Waals surface area contributed by atoms with E-state index >= 15 is 0 Å². The van der Waals surface area contributed by atoms with E-state index < -0.39 is 76.6 Å². The maximum atomic E-state index is 13.5. The minimum absolute atomic E-state index is 0.607. The zero-order valence-corrected chi connectivity index (χ0v) is 16.4. The van der Waals surface area contributed by atoms with Gasteiger partial charge in [-0.05, 0) is 0 Å². The molecule has 0 saturated heterocycles. The Kier molecular flexibility index (Phi) is 9.12. The molecule has 8 nitrogen and oxygen atoms in total. The summed E-state index contributed by atoms with van der Waals surface area (Å²) in [6.07, 6.45) is -14.2. The molecule has 0 aromatic carbocycles. The molecule has 0 aromatic heterocycles. The molecule has 0 heterocycles. The van der Waals surface area contributed by atoms with Crippen LogP contribution in [0.5, 0.6) is 0 Å². The van der Waals surface area contributed by atoms with Crippen LogP contribution in [0.15, 0.2) is 24.8 Å². The Morgan fingerprint density at radius 1 is 0.970 bits per heavy atom. The highest BCUT2D eigenvalue weighted by Gasteiger charge is 2.70. The number of hydrogen-bond donors (Lipinski definition) is 1. The van der Waals surface area contributed by atoms with Gasteiger partial charge in [0, 0.05) is 6.42 Å². The van der Waals surface area contributed by atoms with Crippen molar-refractivity contribution in [3.63, 3.8) is 0 Å². The predicted molar refractivity (Wildman–Crippen MR) is 83.2 cm³/mol. The lowest BCUT2D eigenvalue weighted by atomic mass is 10.2. The average molecular weight is 530 g/mol. The van der Waals surface area contributed by atoms with Crippen LogP contribution in [-0.2, 0) is 33.9 Å². The second kappa shape index (κ2) is 9.84. The molecule has 192 valence electrons. The number of halogens is 10. The highest BCUT2D eigenvalue weighted by Crippen LogP contribution is 2.42. The van der Waals surface area contributed by atoms with Gasteiger partial charge in [0.2, 0.25) is 0 Å². The van der Waals surface area contributed by atoms with Gasteiger partial charge in [0.05, 0.1) is 6.61 Å². The number of alkyl halides is 10. The number of ether oxygens (including phenoxy) is 3. The summed E-state index contributed by atoms with van der Waals surface area (Å²) in [6.45, 7) is 1.49. The monoisotopic (exact) mass is 530 g/mol. The van der Waals surface area contributed by atoms with Crippen LogP contribution >= 0.6 is 0 Å². The Morgan fingerprint density at radius 2 is 1.45 bits per heavy atom. The van der Waals surface area contributed by atoms with E-state index in [1.54, 1.807) is 0 Å². The molecule has 0 saturated carbocycles. The summed E-state index contributed by atoms with van der Waals surface area (Å²) in [4.78, 5) is 23.3. The summed E-state index contributed by atoms with van der Waals surface area (Å²) >= 11 is 0. The summed E-state index contributed by atoms with van der Waals surface area (Å²) in [5, 5.41) is -6.27. The molecule has 1 N–H and O–H groups in total. The van der Waals surface area contributed by atoms with Crippen molar-refractivity contribution in [2.75, 3.05) is 13.2 Å². The molecular weight excluding hydrogens is 518 g/mol. The smallest absolute Gasteiger partial charge is 0.456 e. The molecule has 0 rings (SSSR count). The van der Waals surface area contributed by atoms with Crippen molar-refractivity contribution in [3.05, 3.63) is 24.8 Å². The van der Waals surface area contributed by atoms with Crippen LogP contribution in [0.2, 0.25) is 0 Å². The van der Waals surface area contributed by atoms with E-state index in [9.17, 15) is 61.9 Å². The van der Waals surface area contributed by atoms with Crippen molar-refractivity contribution in [2.45, 2.75) is 35.7 Å². The molecule has 0 aromatic rings. The van der Waals surface area contributed by atoms with Crippen LogP contribution in [0.4, 0.5) is 43.9 Å². The first-order valence-corrected chi connectivity index (χ1v) is 9.13. The summed E-state index contributed by atoms with van der Waals surface area (Å²) in [5.74, 6) is -16.9. The fraction of sp³-hybridized carbons (Fsp3) is 0.571. The number of esters is 2. The van der Waals surface area contributed by atoms with Crippen molar-refractivity contribution >= 4 is 22.1 Å². The lowest BCUT2D eigenvalue weighted by Crippen LogP contribution is -2.59. The standard InChI is InChI=1S/C14H12F10O8S/c1-3-5-30-9(26)11(13(20,21)22,32-8(25)7(2)12(17,18)19)31-6-4-10(15,16)14(23,24)33(27,28)29/h3H,1-2,4-6H2,(H,27,28,29). The second-order valence-electron chi connectivity index (χ2n) is 5.66. The van der Waals surface area contributed by atoms with Crippen LogP contribution in [-0.4, -0.2) is 67.4 Å². The third-order valence-electron chi connectivity index (χ3n) is 3.27. The van der Waals surface area contributed by atoms with E-state index in [0.717, 1.165) is 0 Å². The van der Waals surface area contributed by atoms with Gasteiger partial charge >= 0.3 is 51.4 Å². The van der Waals surface area contributed by atoms with Gasteiger partial charge in [0.15, 0.2) is 0 Å². The highest BCUT2D eigenvalue weighted by molar-refractivity contribution is 7.87. The molecule has 0 amide bonds. The van der Waals surface area contributed by atoms with Gasteiger partial charge in [-0.3, -0.25) is 4.55 Å². The van der Waals surface area contributed by atoms with E-state index in [4.69, 9.17) is 4.55 Å². The van der Waals surface area contributed by atoms with Gasteiger partial charge in [0.25, 0.3) is 0 Å². The van der Waals surface area contributed by atoms with E-state index in [0.29, 0.717) is 6.08 Å². The fourth-order valence-corrected chi connectivity index (χ4v) is 2.06. The zero-order chi connectivity index (χ0) is 26.7. The number of rotatable bonds is 11. The number of carbonyl (C=O) groups is 2. The summed E-state index contributed by atoms with van der Waals surface area (Å²) in [7, 11) is -6.82. The summed E-state index contributed by atoms with van der Waals surface area (Å²) < 4.78 is 171. The van der Waals surface area contributed by atoms with Crippen LogP contribution in [0.3, 0.4) is 0 Å². The highest BCUT2D eigenvalue weighted by atomic mass is 32.2. The molecule has 0 bridgehead atoms. The molecule has 0 aliphatic rings. The van der Waals surface area contributed by atoms with E-state index in [2.05, 4.69) is 27.4 Å². The molecule has 33 heavy (non-hydrogen) atoms. The summed E-state index contributed by atoms with van der Waals surface area (Å²) in [6, 6.07) is 0. The van der Waals surface area contributed by atoms with Crippen LogP contribution in [0.1, 0.15) is 6.42 Å². The third-order valence-corrected chi connectivity index (χ3v) is 4.22. The Labute approximate surface area is 177 Å². The molecule has 0 aliphatic carbocycles. The molecule has 0 radical (unpaired) electrons. The normalized spacial score (nSPS) is 15.4. The third kappa shape index (κ3) is 6.79. The Bertz CT molecular complexity index is 877. The van der Waals surface area contributed by atoms with Crippen molar-refractivity contribution in [1.82, 2.24) is 0 Å². The molecule has 0 spiro atoms. The van der Waals surface area contributed by atoms with Crippen molar-refractivity contribution in [3.8, 4) is 0 Å². The minimum atomic E-state index is -6.82. The number of carbonyl (C=O) groups excluding carboxylic acids is 2. The quantitative estimate of drug-likeness (QED) is 0.108. The van der Waals surface area contributed by atoms with Crippen LogP contribution < -0.4 is 0 Å². The lowest BCUT2D eigenvalue weighted by molar-refractivity contribution is -0.357. The fourth-order valence-electron chi connectivity index (χ4n) is 1.58. The first kappa shape index (κ1) is 30.6. The van der Waals surface area contributed by atoms with Gasteiger partial charge < -0.3 is 14.2 Å². The topological polar surface area (TPSA) is 116 Å². The molecular formula is C14H12F10O8S. The second-order valence-corrected chi connectivity index (χ2v) is 7.12. The average Bonchev–Trinajstić information content (AvgIpc) is 2.61. The lowest BCUT2D eigenvalue weighted by Gasteiger charge is -2.33. The minimum Gasteiger partial charge on any atom is -0.456 e. The zero-order valence-electron chi connectivity index (χ0n) is 15.6. The van der Waals surface area contributed by atoms with E-state index in [1.807, 2.05) is 0 Å². The maximum absolute atomic E-state index is 13.5. The molecule has 19 heteroatoms. The van der Waals surface area contributed by atoms with Crippen LogP contribution in [0, 0.1) is 0 Å². The first-order chi connectivity index (χ1) is 14.5. The van der Waals surface area contributed by atoms with Gasteiger partial charge in [-0.1, -0.05) is 19.2 Å². The Morgan fingerprint density at radius 3 is 1.82 bits per heavy atom. The van der Waals surface area contributed by atoms with Crippen molar-refractivity contribution < 1.29 is 80.7 Å². The van der Waals surface area contributed by atoms with Crippen molar-refractivity contribution in [2.24, 2.45) is 0 Å². The van der Waals surface area contributed by atoms with Gasteiger partial charge in [0.1, 0.15) is 12.2 Å². The van der Waals surface area contributed by atoms with E-state index in [-0.39, 0.29) is 0 Å². The van der Waals surface area contributed by atoms with Gasteiger partial charge in [-0.15, -0.1) is 0 Å². The first-order valence-electron chi connectivity index (χ1n) is 7.69. The molecule has 1 unspecified atom stereocenters. The predicted octanol–water partition coefficient (Wildman–Crippen LogP) is 3.16. The molecule has 0 fully saturated rings. The van der Waals surface area contributed by atoms with Crippen LogP contribution in [0.25, 0.3) is 0 Å². The maximum Gasteiger partial charge on any atom is 0.468 e. The number of hydrogen-bond acceptors (Lipinski definition) is 7. The molecule has 0 aliphatic heterocycles.